The first-order chi connectivity index (χ1) is 9.88. The first-order valence-corrected chi connectivity index (χ1v) is 8.32. The van der Waals surface area contributed by atoms with E-state index in [9.17, 15) is 8.42 Å². The van der Waals surface area contributed by atoms with E-state index in [1.807, 2.05) is 13.0 Å². The number of ether oxygens (including phenoxy) is 1. The Balaban J connectivity index is 2.05. The van der Waals surface area contributed by atoms with Crippen molar-refractivity contribution >= 4 is 15.5 Å². The second-order valence-corrected chi connectivity index (χ2v) is 7.09. The summed E-state index contributed by atoms with van der Waals surface area (Å²) in [6, 6.07) is 12.3. The van der Waals surface area contributed by atoms with Crippen molar-refractivity contribution < 1.29 is 13.2 Å². The standard InChI is InChI=1S/C16H19NO3S/c1-12-6-7-16(13(2)10-12)21(18,19)9-8-20-15-5-3-4-14(17)11-15/h3-7,10-11H,8-9,17H2,1-2H3. The topological polar surface area (TPSA) is 69.4 Å². The second kappa shape index (κ2) is 6.18. The first-order valence-electron chi connectivity index (χ1n) is 6.67. The van der Waals surface area contributed by atoms with Crippen LogP contribution in [0.2, 0.25) is 0 Å². The third kappa shape index (κ3) is 3.98. The number of aryl methyl sites for hydroxylation is 2. The molecule has 21 heavy (non-hydrogen) atoms. The van der Waals surface area contributed by atoms with E-state index in [2.05, 4.69) is 0 Å². The highest BCUT2D eigenvalue weighted by atomic mass is 32.2. The maximum absolute atomic E-state index is 12.3. The van der Waals surface area contributed by atoms with Crippen molar-refractivity contribution in [2.24, 2.45) is 0 Å². The number of hydrogen-bond donors (Lipinski definition) is 1. The van der Waals surface area contributed by atoms with E-state index in [4.69, 9.17) is 10.5 Å². The summed E-state index contributed by atoms with van der Waals surface area (Å²) in [5.41, 5.74) is 8.04. The predicted octanol–water partition coefficient (Wildman–Crippen LogP) is 2.74. The summed E-state index contributed by atoms with van der Waals surface area (Å²) in [5, 5.41) is 0. The third-order valence-electron chi connectivity index (χ3n) is 3.14. The lowest BCUT2D eigenvalue weighted by atomic mass is 10.2. The van der Waals surface area contributed by atoms with Gasteiger partial charge in [-0.15, -0.1) is 0 Å². The van der Waals surface area contributed by atoms with Crippen molar-refractivity contribution in [2.75, 3.05) is 18.1 Å². The van der Waals surface area contributed by atoms with Crippen LogP contribution in [-0.2, 0) is 9.84 Å². The van der Waals surface area contributed by atoms with E-state index >= 15 is 0 Å². The molecule has 0 unspecified atom stereocenters. The minimum Gasteiger partial charge on any atom is -0.492 e. The lowest BCUT2D eigenvalue weighted by molar-refractivity contribution is 0.341. The van der Waals surface area contributed by atoms with Gasteiger partial charge in [0.15, 0.2) is 9.84 Å². The Morgan fingerprint density at radius 2 is 1.86 bits per heavy atom. The number of nitrogens with two attached hydrogens (primary N) is 1. The van der Waals surface area contributed by atoms with Crippen LogP contribution in [0.15, 0.2) is 47.4 Å². The molecule has 2 N–H and O–H groups in total. The summed E-state index contributed by atoms with van der Waals surface area (Å²) in [7, 11) is -3.34. The average Bonchev–Trinajstić information content (AvgIpc) is 2.38. The molecule has 0 saturated carbocycles. The van der Waals surface area contributed by atoms with Crippen LogP contribution in [0.4, 0.5) is 5.69 Å². The first kappa shape index (κ1) is 15.4. The maximum atomic E-state index is 12.3. The van der Waals surface area contributed by atoms with E-state index in [0.29, 0.717) is 16.3 Å². The Bertz CT molecular complexity index is 739. The number of rotatable bonds is 5. The summed E-state index contributed by atoms with van der Waals surface area (Å²) in [6.07, 6.45) is 0. The molecule has 112 valence electrons. The molecule has 0 bridgehead atoms. The molecule has 0 spiro atoms. The Morgan fingerprint density at radius 1 is 1.10 bits per heavy atom. The molecule has 2 aromatic carbocycles. The number of anilines is 1. The smallest absolute Gasteiger partial charge is 0.181 e. The molecule has 0 aliphatic heterocycles. The lowest BCUT2D eigenvalue weighted by Gasteiger charge is -2.10. The molecule has 2 rings (SSSR count). The van der Waals surface area contributed by atoms with E-state index in [1.165, 1.54) is 0 Å². The van der Waals surface area contributed by atoms with Crippen LogP contribution in [0.3, 0.4) is 0 Å². The van der Waals surface area contributed by atoms with Gasteiger partial charge in [0.25, 0.3) is 0 Å². The predicted molar refractivity (Wildman–Crippen MR) is 84.3 cm³/mol. The van der Waals surface area contributed by atoms with Crippen LogP contribution in [0.25, 0.3) is 0 Å². The lowest BCUT2D eigenvalue weighted by Crippen LogP contribution is -2.15. The van der Waals surface area contributed by atoms with Crippen molar-refractivity contribution in [3.05, 3.63) is 53.6 Å². The number of nitrogen functional groups attached to an aromatic ring is 1. The van der Waals surface area contributed by atoms with Crippen LogP contribution in [0, 0.1) is 13.8 Å². The SMILES string of the molecule is Cc1ccc(S(=O)(=O)CCOc2cccc(N)c2)c(C)c1. The van der Waals surface area contributed by atoms with Gasteiger partial charge in [0, 0.05) is 11.8 Å². The van der Waals surface area contributed by atoms with E-state index in [0.717, 1.165) is 11.1 Å². The zero-order valence-electron chi connectivity index (χ0n) is 12.2. The fourth-order valence-corrected chi connectivity index (χ4v) is 3.48. The molecule has 0 aliphatic carbocycles. The Hall–Kier alpha value is -2.01. The average molecular weight is 305 g/mol. The second-order valence-electron chi connectivity index (χ2n) is 5.01. The molecule has 4 nitrogen and oxygen atoms in total. The quantitative estimate of drug-likeness (QED) is 0.862. The van der Waals surface area contributed by atoms with Gasteiger partial charge in [0.2, 0.25) is 0 Å². The summed E-state index contributed by atoms with van der Waals surface area (Å²) in [4.78, 5) is 0.365. The van der Waals surface area contributed by atoms with Crippen LogP contribution < -0.4 is 10.5 Å². The van der Waals surface area contributed by atoms with Crippen molar-refractivity contribution in [2.45, 2.75) is 18.7 Å². The maximum Gasteiger partial charge on any atom is 0.181 e. The molecule has 2 aromatic rings. The summed E-state index contributed by atoms with van der Waals surface area (Å²) in [6.45, 7) is 3.84. The van der Waals surface area contributed by atoms with E-state index < -0.39 is 9.84 Å². The fourth-order valence-electron chi connectivity index (χ4n) is 2.13. The molecular formula is C16H19NO3S. The van der Waals surface area contributed by atoms with Gasteiger partial charge in [-0.3, -0.25) is 0 Å². The summed E-state index contributed by atoms with van der Waals surface area (Å²) >= 11 is 0. The highest BCUT2D eigenvalue weighted by Crippen LogP contribution is 2.19. The molecular weight excluding hydrogens is 286 g/mol. The van der Waals surface area contributed by atoms with Crippen molar-refractivity contribution in [1.82, 2.24) is 0 Å². The van der Waals surface area contributed by atoms with Crippen LogP contribution in [-0.4, -0.2) is 20.8 Å². The Morgan fingerprint density at radius 3 is 2.52 bits per heavy atom. The third-order valence-corrected chi connectivity index (χ3v) is 4.98. The largest absolute Gasteiger partial charge is 0.492 e. The monoisotopic (exact) mass is 305 g/mol. The molecule has 0 atom stereocenters. The van der Waals surface area contributed by atoms with Gasteiger partial charge in [0.1, 0.15) is 12.4 Å². The summed E-state index contributed by atoms with van der Waals surface area (Å²) < 4.78 is 30.1. The van der Waals surface area contributed by atoms with Gasteiger partial charge >= 0.3 is 0 Å². The van der Waals surface area contributed by atoms with Crippen molar-refractivity contribution in [3.8, 4) is 5.75 Å². The van der Waals surface area contributed by atoms with Gasteiger partial charge in [-0.25, -0.2) is 8.42 Å². The Kier molecular flexibility index (Phi) is 4.53. The van der Waals surface area contributed by atoms with Gasteiger partial charge in [-0.2, -0.15) is 0 Å². The molecule has 0 fully saturated rings. The minimum atomic E-state index is -3.34. The molecule has 0 heterocycles. The normalized spacial score (nSPS) is 11.3. The number of hydrogen-bond acceptors (Lipinski definition) is 4. The highest BCUT2D eigenvalue weighted by molar-refractivity contribution is 7.91. The zero-order chi connectivity index (χ0) is 15.5. The molecule has 5 heteroatoms. The van der Waals surface area contributed by atoms with Crippen molar-refractivity contribution in [1.29, 1.82) is 0 Å². The van der Waals surface area contributed by atoms with Gasteiger partial charge < -0.3 is 10.5 Å². The van der Waals surface area contributed by atoms with Gasteiger partial charge in [-0.1, -0.05) is 23.8 Å². The van der Waals surface area contributed by atoms with Gasteiger partial charge in [0.05, 0.1) is 10.6 Å². The van der Waals surface area contributed by atoms with Crippen LogP contribution >= 0.6 is 0 Å². The Labute approximate surface area is 125 Å². The molecule has 0 amide bonds. The van der Waals surface area contributed by atoms with Gasteiger partial charge in [-0.05, 0) is 37.6 Å². The molecule has 0 aromatic heterocycles. The zero-order valence-corrected chi connectivity index (χ0v) is 13.0. The van der Waals surface area contributed by atoms with Crippen LogP contribution in [0.5, 0.6) is 5.75 Å². The molecule has 0 radical (unpaired) electrons. The minimum absolute atomic E-state index is 0.0638. The fraction of sp³-hybridized carbons (Fsp3) is 0.250. The summed E-state index contributed by atoms with van der Waals surface area (Å²) in [5.74, 6) is 0.511. The van der Waals surface area contributed by atoms with Crippen molar-refractivity contribution in [3.63, 3.8) is 0 Å². The number of sulfone groups is 1. The van der Waals surface area contributed by atoms with E-state index in [-0.39, 0.29) is 12.4 Å². The molecule has 0 saturated heterocycles. The van der Waals surface area contributed by atoms with Crippen LogP contribution in [0.1, 0.15) is 11.1 Å². The molecule has 0 aliphatic rings. The highest BCUT2D eigenvalue weighted by Gasteiger charge is 2.17. The number of benzene rings is 2. The van der Waals surface area contributed by atoms with E-state index in [1.54, 1.807) is 43.3 Å².